The molecule has 1 heterocycles. The first kappa shape index (κ1) is 21.3. The Hall–Kier alpha value is -2.42. The van der Waals surface area contributed by atoms with Crippen molar-refractivity contribution >= 4 is 44.3 Å². The molecule has 154 valence electrons. The molecule has 0 bridgehead atoms. The van der Waals surface area contributed by atoms with Crippen LogP contribution < -0.4 is 5.32 Å². The van der Waals surface area contributed by atoms with Crippen LogP contribution in [0, 0.1) is 6.92 Å². The van der Waals surface area contributed by atoms with Crippen molar-refractivity contribution in [3.8, 4) is 0 Å². The molecule has 1 N–H and O–H groups in total. The third kappa shape index (κ3) is 4.29. The van der Waals surface area contributed by atoms with E-state index >= 15 is 0 Å². The maximum Gasteiger partial charge on any atom is 0.242 e. The van der Waals surface area contributed by atoms with Crippen LogP contribution >= 0.6 is 11.6 Å². The molecule has 1 aromatic heterocycles. The number of anilines is 1. The van der Waals surface area contributed by atoms with Crippen molar-refractivity contribution in [2.75, 3.05) is 19.4 Å². The molecule has 0 radical (unpaired) electrons. The summed E-state index contributed by atoms with van der Waals surface area (Å²) < 4.78 is 27.7. The number of imidazole rings is 1. The number of aryl methyl sites for hydroxylation is 2. The zero-order valence-electron chi connectivity index (χ0n) is 16.7. The number of fused-ring (bicyclic) bond motifs is 1. The van der Waals surface area contributed by atoms with E-state index in [1.165, 1.54) is 18.4 Å². The monoisotopic (exact) mass is 434 g/mol. The predicted molar refractivity (Wildman–Crippen MR) is 115 cm³/mol. The van der Waals surface area contributed by atoms with E-state index < -0.39 is 10.0 Å². The Morgan fingerprint density at radius 3 is 2.66 bits per heavy atom. The second-order valence-electron chi connectivity index (χ2n) is 6.99. The van der Waals surface area contributed by atoms with E-state index in [9.17, 15) is 13.2 Å². The zero-order chi connectivity index (χ0) is 21.3. The van der Waals surface area contributed by atoms with E-state index in [1.807, 2.05) is 18.5 Å². The third-order valence-electron chi connectivity index (χ3n) is 4.84. The molecule has 9 heteroatoms. The van der Waals surface area contributed by atoms with Crippen LogP contribution in [0.15, 0.2) is 41.3 Å². The van der Waals surface area contributed by atoms with E-state index in [-0.39, 0.29) is 17.2 Å². The smallest absolute Gasteiger partial charge is 0.242 e. The minimum absolute atomic E-state index is 0.140. The Morgan fingerprint density at radius 1 is 1.24 bits per heavy atom. The molecule has 7 nitrogen and oxygen atoms in total. The van der Waals surface area contributed by atoms with Crippen LogP contribution in [0.1, 0.15) is 17.8 Å². The molecular weight excluding hydrogens is 412 g/mol. The molecule has 0 aliphatic carbocycles. The highest BCUT2D eigenvalue weighted by Gasteiger charge is 2.19. The molecule has 3 aromatic rings. The van der Waals surface area contributed by atoms with Crippen molar-refractivity contribution in [3.63, 3.8) is 0 Å². The van der Waals surface area contributed by atoms with E-state index in [2.05, 4.69) is 10.3 Å². The standard InChI is InChI=1S/C20H23ClN4O3S/c1-13-15(21)6-5-7-16(13)23-20(26)11-10-19-22-17-12-14(29(27,28)24(2)3)8-9-18(17)25(19)4/h5-9,12H,10-11H2,1-4H3,(H,23,26). The van der Waals surface area contributed by atoms with Gasteiger partial charge in [-0.2, -0.15) is 0 Å². The molecule has 0 fully saturated rings. The van der Waals surface area contributed by atoms with Crippen LogP contribution in [-0.4, -0.2) is 42.3 Å². The van der Waals surface area contributed by atoms with Gasteiger partial charge in [-0.15, -0.1) is 0 Å². The number of aromatic nitrogens is 2. The van der Waals surface area contributed by atoms with Gasteiger partial charge in [0.15, 0.2) is 0 Å². The van der Waals surface area contributed by atoms with E-state index in [0.717, 1.165) is 11.1 Å². The number of carbonyl (C=O) groups excluding carboxylic acids is 1. The maximum atomic E-state index is 12.4. The van der Waals surface area contributed by atoms with Crippen LogP contribution in [-0.2, 0) is 28.3 Å². The average Bonchev–Trinajstić information content (AvgIpc) is 2.99. The molecule has 0 aliphatic rings. The highest BCUT2D eigenvalue weighted by Crippen LogP contribution is 2.24. The zero-order valence-corrected chi connectivity index (χ0v) is 18.3. The number of hydrogen-bond donors (Lipinski definition) is 1. The van der Waals surface area contributed by atoms with Gasteiger partial charge in [-0.05, 0) is 42.8 Å². The van der Waals surface area contributed by atoms with Crippen LogP contribution in [0.3, 0.4) is 0 Å². The van der Waals surface area contributed by atoms with Gasteiger partial charge in [0.2, 0.25) is 15.9 Å². The van der Waals surface area contributed by atoms with Gasteiger partial charge in [-0.1, -0.05) is 17.7 Å². The molecular formula is C20H23ClN4O3S. The molecule has 0 atom stereocenters. The lowest BCUT2D eigenvalue weighted by Gasteiger charge is -2.11. The molecule has 2 aromatic carbocycles. The fraction of sp³-hybridized carbons (Fsp3) is 0.300. The number of benzene rings is 2. The van der Waals surface area contributed by atoms with Gasteiger partial charge >= 0.3 is 0 Å². The number of nitrogens with zero attached hydrogens (tertiary/aromatic N) is 3. The summed E-state index contributed by atoms with van der Waals surface area (Å²) >= 11 is 6.09. The summed E-state index contributed by atoms with van der Waals surface area (Å²) in [6, 6.07) is 10.2. The van der Waals surface area contributed by atoms with Crippen LogP contribution in [0.2, 0.25) is 5.02 Å². The highest BCUT2D eigenvalue weighted by atomic mass is 35.5. The summed E-state index contributed by atoms with van der Waals surface area (Å²) in [4.78, 5) is 17.1. The summed E-state index contributed by atoms with van der Waals surface area (Å²) in [6.45, 7) is 1.85. The van der Waals surface area contributed by atoms with Gasteiger partial charge < -0.3 is 9.88 Å². The van der Waals surface area contributed by atoms with E-state index in [0.29, 0.717) is 28.5 Å². The SMILES string of the molecule is Cc1c(Cl)cccc1NC(=O)CCc1nc2cc(S(=O)(=O)N(C)C)ccc2n1C. The Bertz CT molecular complexity index is 1190. The Balaban J connectivity index is 1.77. The normalized spacial score (nSPS) is 11.9. The first-order valence-electron chi connectivity index (χ1n) is 9.04. The second-order valence-corrected chi connectivity index (χ2v) is 9.54. The van der Waals surface area contributed by atoms with E-state index in [4.69, 9.17) is 11.6 Å². The van der Waals surface area contributed by atoms with Crippen molar-refractivity contribution in [1.29, 1.82) is 0 Å². The second kappa shape index (κ2) is 8.14. The summed E-state index contributed by atoms with van der Waals surface area (Å²) in [6.07, 6.45) is 0.665. The summed E-state index contributed by atoms with van der Waals surface area (Å²) in [5.74, 6) is 0.565. The highest BCUT2D eigenvalue weighted by molar-refractivity contribution is 7.89. The predicted octanol–water partition coefficient (Wildman–Crippen LogP) is 3.36. The van der Waals surface area contributed by atoms with Gasteiger partial charge in [0.05, 0.1) is 15.9 Å². The summed E-state index contributed by atoms with van der Waals surface area (Å²) in [7, 11) is 1.30. The van der Waals surface area contributed by atoms with Crippen molar-refractivity contribution < 1.29 is 13.2 Å². The number of amides is 1. The lowest BCUT2D eigenvalue weighted by atomic mass is 10.2. The van der Waals surface area contributed by atoms with Gasteiger partial charge in [-0.25, -0.2) is 17.7 Å². The van der Waals surface area contributed by atoms with Crippen molar-refractivity contribution in [3.05, 3.63) is 52.8 Å². The number of nitrogens with one attached hydrogen (secondary N) is 1. The topological polar surface area (TPSA) is 84.3 Å². The molecule has 0 unspecified atom stereocenters. The van der Waals surface area contributed by atoms with Crippen molar-refractivity contribution in [2.24, 2.45) is 7.05 Å². The molecule has 0 spiro atoms. The first-order chi connectivity index (χ1) is 13.6. The lowest BCUT2D eigenvalue weighted by molar-refractivity contribution is -0.116. The first-order valence-corrected chi connectivity index (χ1v) is 10.9. The molecule has 0 saturated heterocycles. The molecule has 29 heavy (non-hydrogen) atoms. The maximum absolute atomic E-state index is 12.4. The summed E-state index contributed by atoms with van der Waals surface area (Å²) in [5, 5.41) is 3.47. The van der Waals surface area contributed by atoms with Crippen LogP contribution in [0.4, 0.5) is 5.69 Å². The third-order valence-corrected chi connectivity index (χ3v) is 7.06. The molecule has 0 saturated carbocycles. The Morgan fingerprint density at radius 2 is 1.97 bits per heavy atom. The molecule has 3 rings (SSSR count). The van der Waals surface area contributed by atoms with Gasteiger partial charge in [0.1, 0.15) is 5.82 Å². The summed E-state index contributed by atoms with van der Waals surface area (Å²) in [5.41, 5.74) is 2.89. The van der Waals surface area contributed by atoms with Crippen LogP contribution in [0.5, 0.6) is 0 Å². The fourth-order valence-electron chi connectivity index (χ4n) is 3.01. The molecule has 1 amide bonds. The number of rotatable bonds is 6. The van der Waals surface area contributed by atoms with Gasteiger partial charge in [0.25, 0.3) is 0 Å². The Labute approximate surface area is 175 Å². The average molecular weight is 435 g/mol. The number of halogens is 1. The number of carbonyl (C=O) groups is 1. The van der Waals surface area contributed by atoms with Crippen molar-refractivity contribution in [2.45, 2.75) is 24.7 Å². The number of sulfonamides is 1. The quantitative estimate of drug-likeness (QED) is 0.644. The van der Waals surface area contributed by atoms with E-state index in [1.54, 1.807) is 36.4 Å². The Kier molecular flexibility index (Phi) is 5.97. The minimum atomic E-state index is -3.53. The van der Waals surface area contributed by atoms with Gasteiger partial charge in [-0.3, -0.25) is 4.79 Å². The lowest BCUT2D eigenvalue weighted by Crippen LogP contribution is -2.22. The van der Waals surface area contributed by atoms with Crippen LogP contribution in [0.25, 0.3) is 11.0 Å². The number of hydrogen-bond acceptors (Lipinski definition) is 4. The van der Waals surface area contributed by atoms with Crippen molar-refractivity contribution in [1.82, 2.24) is 13.9 Å². The largest absolute Gasteiger partial charge is 0.331 e. The minimum Gasteiger partial charge on any atom is -0.331 e. The van der Waals surface area contributed by atoms with Gasteiger partial charge in [0, 0.05) is 44.7 Å². The molecule has 0 aliphatic heterocycles. The fourth-order valence-corrected chi connectivity index (χ4v) is 4.10.